The third-order valence-corrected chi connectivity index (χ3v) is 9.24. The molecular weight excluding hydrogens is 819 g/mol. The average Bonchev–Trinajstić information content (AvgIpc) is 3.93. The fraction of sp³-hybridized carbons (Fsp3) is 0.278. The maximum absolute atomic E-state index is 14.0. The summed E-state index contributed by atoms with van der Waals surface area (Å²) in [7, 11) is 4.30. The summed E-state index contributed by atoms with van der Waals surface area (Å²) in [6.45, 7) is 1.75. The minimum Gasteiger partial charge on any atom is -0.446 e. The van der Waals surface area contributed by atoms with Crippen LogP contribution < -0.4 is 21.3 Å². The summed E-state index contributed by atoms with van der Waals surface area (Å²) in [5.74, 6) is -3.57. The van der Waals surface area contributed by atoms with E-state index >= 15 is 0 Å². The average molecular weight is 855 g/mol. The Kier molecular flexibility index (Phi) is 15.7. The number of hydrogen-bond acceptors (Lipinski definition) is 10. The van der Waals surface area contributed by atoms with Crippen molar-refractivity contribution in [1.29, 1.82) is 0 Å². The second kappa shape index (κ2) is 20.4. The van der Waals surface area contributed by atoms with Gasteiger partial charge in [0.1, 0.15) is 23.4 Å². The molecule has 0 unspecified atom stereocenters. The van der Waals surface area contributed by atoms with Crippen LogP contribution in [0, 0.1) is 16.8 Å². The number of urea groups is 2. The molecule has 3 heterocycles. The number of amides is 6. The molecule has 0 fully saturated rings. The molecule has 5 rings (SSSR count). The van der Waals surface area contributed by atoms with Gasteiger partial charge in [-0.2, -0.15) is 17.6 Å². The molecule has 0 bridgehead atoms. The van der Waals surface area contributed by atoms with E-state index in [1.807, 2.05) is 0 Å². The van der Waals surface area contributed by atoms with Crippen LogP contribution in [0.3, 0.4) is 0 Å². The van der Waals surface area contributed by atoms with Gasteiger partial charge in [0.15, 0.2) is 16.0 Å². The number of aromatic nitrogens is 2. The topological polar surface area (TPSA) is 171 Å². The first kappa shape index (κ1) is 44.7. The first-order valence-corrected chi connectivity index (χ1v) is 18.5. The Morgan fingerprint density at radius 2 is 1.41 bits per heavy atom. The molecule has 0 saturated carbocycles. The second-order valence-electron chi connectivity index (χ2n) is 12.2. The number of nitrogens with one attached hydrogen (secondary N) is 4. The van der Waals surface area contributed by atoms with E-state index in [1.165, 1.54) is 62.5 Å². The summed E-state index contributed by atoms with van der Waals surface area (Å²) < 4.78 is 87.6. The molecular formula is C36H36F6N8O6S2. The van der Waals surface area contributed by atoms with Gasteiger partial charge in [-0.25, -0.2) is 28.3 Å². The maximum atomic E-state index is 14.0. The lowest BCUT2D eigenvalue weighted by Gasteiger charge is -2.19. The van der Waals surface area contributed by atoms with Crippen molar-refractivity contribution in [3.8, 4) is 0 Å². The van der Waals surface area contributed by atoms with Gasteiger partial charge in [0.25, 0.3) is 11.8 Å². The van der Waals surface area contributed by atoms with Crippen molar-refractivity contribution in [2.45, 2.75) is 45.4 Å². The molecule has 0 aliphatic rings. The number of halogens is 6. The van der Waals surface area contributed by atoms with E-state index in [-0.39, 0.29) is 48.0 Å². The molecule has 3 aromatic heterocycles. The number of rotatable bonds is 13. The van der Waals surface area contributed by atoms with Crippen LogP contribution in [-0.4, -0.2) is 71.0 Å². The van der Waals surface area contributed by atoms with Gasteiger partial charge in [-0.15, -0.1) is 11.3 Å². The Labute approximate surface area is 335 Å². The van der Waals surface area contributed by atoms with Crippen molar-refractivity contribution in [2.24, 2.45) is 0 Å². The van der Waals surface area contributed by atoms with Crippen molar-refractivity contribution in [3.63, 3.8) is 0 Å². The van der Waals surface area contributed by atoms with Crippen molar-refractivity contribution in [3.05, 3.63) is 117 Å². The molecule has 4 N–H and O–H groups in total. The highest BCUT2D eigenvalue weighted by Crippen LogP contribution is 2.31. The minimum atomic E-state index is -4.68. The number of hydrogen-bond donors (Lipinski definition) is 4. The second-order valence-corrected chi connectivity index (χ2v) is 14.0. The first-order chi connectivity index (χ1) is 27.4. The number of nitrogens with zero attached hydrogens (tertiary/aromatic N) is 4. The summed E-state index contributed by atoms with van der Waals surface area (Å²) in [5, 5.41) is 11.3. The van der Waals surface area contributed by atoms with Gasteiger partial charge in [-0.1, -0.05) is 35.6 Å². The van der Waals surface area contributed by atoms with Crippen LogP contribution in [0.1, 0.15) is 45.8 Å². The number of carbonyl (C=O) groups excluding carboxylic acids is 4. The zero-order valence-corrected chi connectivity index (χ0v) is 32.7. The lowest BCUT2D eigenvalue weighted by molar-refractivity contribution is -0.153. The quantitative estimate of drug-likeness (QED) is 0.0900. The molecule has 2 aromatic carbocycles. The molecule has 1 atom stereocenters. The summed E-state index contributed by atoms with van der Waals surface area (Å²) in [6, 6.07) is 12.1. The minimum absolute atomic E-state index is 0.00994. The van der Waals surface area contributed by atoms with Gasteiger partial charge in [0.2, 0.25) is 10.9 Å². The zero-order valence-electron chi connectivity index (χ0n) is 31.1. The van der Waals surface area contributed by atoms with E-state index in [0.717, 1.165) is 22.3 Å². The number of anilines is 2. The third kappa shape index (κ3) is 13.6. The molecule has 0 aliphatic carbocycles. The Bertz CT molecular complexity index is 2200. The molecule has 6 amide bonds. The first-order valence-electron chi connectivity index (χ1n) is 16.8. The maximum Gasteiger partial charge on any atom is 0.449 e. The molecule has 58 heavy (non-hydrogen) atoms. The lowest BCUT2D eigenvalue weighted by atomic mass is 10.2. The van der Waals surface area contributed by atoms with E-state index < -0.39 is 58.5 Å². The van der Waals surface area contributed by atoms with Crippen molar-refractivity contribution < 1.29 is 54.7 Å². The number of carbonyl (C=O) groups is 4. The van der Waals surface area contributed by atoms with Crippen LogP contribution in [0.2, 0.25) is 0 Å². The van der Waals surface area contributed by atoms with Crippen molar-refractivity contribution in [2.75, 3.05) is 31.8 Å². The van der Waals surface area contributed by atoms with E-state index in [0.29, 0.717) is 34.2 Å². The van der Waals surface area contributed by atoms with Gasteiger partial charge in [-0.05, 0) is 54.4 Å². The normalized spacial score (nSPS) is 11.5. The van der Waals surface area contributed by atoms with Gasteiger partial charge in [0.05, 0.1) is 18.8 Å². The predicted molar refractivity (Wildman–Crippen MR) is 201 cm³/mol. The monoisotopic (exact) mass is 854 g/mol. The van der Waals surface area contributed by atoms with E-state index in [4.69, 9.17) is 4.74 Å². The van der Waals surface area contributed by atoms with Crippen LogP contribution in [0.25, 0.3) is 0 Å². The van der Waals surface area contributed by atoms with Crippen LogP contribution in [-0.2, 0) is 41.9 Å². The number of alkyl halides is 3. The highest BCUT2D eigenvalue weighted by Gasteiger charge is 2.35. The summed E-state index contributed by atoms with van der Waals surface area (Å²) in [6.07, 6.45) is -5.33. The highest BCUT2D eigenvalue weighted by atomic mass is 32.1. The molecule has 22 heteroatoms. The number of methoxy groups -OCH3 is 1. The SMILES string of the molecule is CN(Cc1csc(NC(=O)NCc2cccc(F)c2)n1)C(=O)c1ccc(C(F)(F)F)o1.CO[C@H](C)C(=O)N(C)Cc1nc(NC(=O)NCc2cccc(F)c2)sc1F. The van der Waals surface area contributed by atoms with E-state index in [9.17, 15) is 45.5 Å². The van der Waals surface area contributed by atoms with E-state index in [2.05, 4.69) is 35.7 Å². The Morgan fingerprint density at radius 3 is 1.95 bits per heavy atom. The van der Waals surface area contributed by atoms with Gasteiger partial charge in [-0.3, -0.25) is 20.2 Å². The standard InChI is InChI=1S/C19H16F4N4O3S.C17H20F2N4O3S/c1-27(16(28)14-5-6-15(30-14)19(21,22)23)9-13-10-31-18(25-13)26-17(29)24-8-11-3-2-4-12(20)7-11;1-10(26-3)15(24)23(2)9-13-14(19)27-17(21-13)22-16(25)20-8-11-5-4-6-12(18)7-11/h2-7,10H,8-9H2,1H3,(H2,24,25,26,29);4-7,10H,8-9H2,1-3H3,(H2,20,21,22,25)/t;10-/m.1/s1. The number of likely N-dealkylation sites (N-methyl/N-ethyl adjacent to an activating group) is 1. The largest absolute Gasteiger partial charge is 0.449 e. The molecule has 14 nitrogen and oxygen atoms in total. The smallest absolute Gasteiger partial charge is 0.446 e. The van der Waals surface area contributed by atoms with Gasteiger partial charge in [0, 0.05) is 39.7 Å². The highest BCUT2D eigenvalue weighted by molar-refractivity contribution is 7.14. The summed E-state index contributed by atoms with van der Waals surface area (Å²) in [5.41, 5.74) is 1.63. The van der Waals surface area contributed by atoms with Crippen LogP contribution in [0.5, 0.6) is 0 Å². The molecule has 310 valence electrons. The molecule has 5 aromatic rings. The summed E-state index contributed by atoms with van der Waals surface area (Å²) >= 11 is 1.76. The zero-order chi connectivity index (χ0) is 42.6. The van der Waals surface area contributed by atoms with Gasteiger partial charge >= 0.3 is 18.2 Å². The van der Waals surface area contributed by atoms with Crippen LogP contribution in [0.15, 0.2) is 70.5 Å². The number of ether oxygens (including phenoxy) is 1. The fourth-order valence-electron chi connectivity index (χ4n) is 4.68. The lowest BCUT2D eigenvalue weighted by Crippen LogP contribution is -2.35. The number of furan rings is 1. The molecule has 0 spiro atoms. The van der Waals surface area contributed by atoms with Crippen LogP contribution in [0.4, 0.5) is 46.2 Å². The Balaban J connectivity index is 0.000000259. The van der Waals surface area contributed by atoms with E-state index in [1.54, 1.807) is 24.4 Å². The summed E-state index contributed by atoms with van der Waals surface area (Å²) in [4.78, 5) is 58.7. The molecule has 0 saturated heterocycles. The Hall–Kier alpha value is -6.00. The van der Waals surface area contributed by atoms with Crippen molar-refractivity contribution >= 4 is 56.8 Å². The van der Waals surface area contributed by atoms with Gasteiger partial charge < -0.3 is 29.6 Å². The predicted octanol–water partition coefficient (Wildman–Crippen LogP) is 7.22. The third-order valence-electron chi connectivity index (χ3n) is 7.63. The molecule has 0 radical (unpaired) electrons. The molecule has 0 aliphatic heterocycles. The van der Waals surface area contributed by atoms with Crippen LogP contribution >= 0.6 is 22.7 Å². The Morgan fingerprint density at radius 1 is 0.828 bits per heavy atom. The number of thiazole rings is 2. The van der Waals surface area contributed by atoms with Crippen molar-refractivity contribution in [1.82, 2.24) is 30.4 Å². The fourth-order valence-corrected chi connectivity index (χ4v) is 6.08. The number of benzene rings is 2.